The van der Waals surface area contributed by atoms with Crippen LogP contribution in [0, 0.1) is 0 Å². The van der Waals surface area contributed by atoms with Gasteiger partial charge in [0.25, 0.3) is 0 Å². The molecular formula is C15H21N3O2. The van der Waals surface area contributed by atoms with Crippen molar-refractivity contribution in [1.82, 2.24) is 9.78 Å². The average molecular weight is 275 g/mol. The Labute approximate surface area is 119 Å². The average Bonchev–Trinajstić information content (AvgIpc) is 2.86. The lowest BCUT2D eigenvalue weighted by Gasteiger charge is -2.12. The van der Waals surface area contributed by atoms with Crippen LogP contribution < -0.4 is 15.2 Å². The standard InChI is InChI=1S/C15H21N3O2/c1-18-13(6-9-17-18)7-10-20-14-4-3-12(5-8-16)11-15(14)19-2/h3-4,6,9,11H,5,7-8,10,16H2,1-2H3. The van der Waals surface area contributed by atoms with Gasteiger partial charge in [-0.3, -0.25) is 4.68 Å². The number of nitrogens with two attached hydrogens (primary N) is 1. The van der Waals surface area contributed by atoms with Crippen molar-refractivity contribution in [2.75, 3.05) is 20.3 Å². The van der Waals surface area contributed by atoms with Gasteiger partial charge in [-0.05, 0) is 36.7 Å². The van der Waals surface area contributed by atoms with Crippen molar-refractivity contribution in [3.8, 4) is 11.5 Å². The number of hydrogen-bond donors (Lipinski definition) is 1. The highest BCUT2D eigenvalue weighted by atomic mass is 16.5. The highest BCUT2D eigenvalue weighted by Gasteiger charge is 2.06. The molecule has 1 aromatic heterocycles. The SMILES string of the molecule is COc1cc(CCN)ccc1OCCc1ccnn1C. The van der Waals surface area contributed by atoms with Crippen LogP contribution in [0.15, 0.2) is 30.5 Å². The van der Waals surface area contributed by atoms with E-state index in [-0.39, 0.29) is 0 Å². The molecule has 1 heterocycles. The number of benzene rings is 1. The first kappa shape index (κ1) is 14.4. The van der Waals surface area contributed by atoms with Gasteiger partial charge >= 0.3 is 0 Å². The second-order valence-corrected chi connectivity index (χ2v) is 4.57. The van der Waals surface area contributed by atoms with Gasteiger partial charge in [-0.15, -0.1) is 0 Å². The smallest absolute Gasteiger partial charge is 0.161 e. The zero-order valence-electron chi connectivity index (χ0n) is 12.0. The van der Waals surface area contributed by atoms with Gasteiger partial charge in [-0.1, -0.05) is 6.07 Å². The summed E-state index contributed by atoms with van der Waals surface area (Å²) < 4.78 is 13.0. The lowest BCUT2D eigenvalue weighted by atomic mass is 10.1. The largest absolute Gasteiger partial charge is 0.493 e. The summed E-state index contributed by atoms with van der Waals surface area (Å²) in [6.45, 7) is 1.22. The summed E-state index contributed by atoms with van der Waals surface area (Å²) in [7, 11) is 3.58. The summed E-state index contributed by atoms with van der Waals surface area (Å²) in [5.74, 6) is 1.51. The van der Waals surface area contributed by atoms with Crippen LogP contribution in [-0.2, 0) is 19.9 Å². The van der Waals surface area contributed by atoms with Crippen LogP contribution in [0.3, 0.4) is 0 Å². The van der Waals surface area contributed by atoms with Crippen LogP contribution in [0.25, 0.3) is 0 Å². The van der Waals surface area contributed by atoms with Gasteiger partial charge in [0, 0.05) is 25.4 Å². The first-order valence-corrected chi connectivity index (χ1v) is 6.71. The molecule has 0 aliphatic rings. The maximum absolute atomic E-state index is 5.79. The third-order valence-electron chi connectivity index (χ3n) is 3.20. The normalized spacial score (nSPS) is 10.6. The number of aromatic nitrogens is 2. The van der Waals surface area contributed by atoms with Crippen molar-refractivity contribution in [3.05, 3.63) is 41.7 Å². The first-order valence-electron chi connectivity index (χ1n) is 6.71. The molecule has 0 saturated carbocycles. The van der Waals surface area contributed by atoms with E-state index in [2.05, 4.69) is 5.10 Å². The van der Waals surface area contributed by atoms with E-state index < -0.39 is 0 Å². The van der Waals surface area contributed by atoms with E-state index in [1.165, 1.54) is 0 Å². The molecule has 0 aliphatic carbocycles. The Bertz CT molecular complexity index is 552. The predicted octanol–water partition coefficient (Wildman–Crippen LogP) is 1.55. The van der Waals surface area contributed by atoms with Gasteiger partial charge in [0.2, 0.25) is 0 Å². The highest BCUT2D eigenvalue weighted by molar-refractivity contribution is 5.43. The molecule has 0 aliphatic heterocycles. The van der Waals surface area contributed by atoms with Gasteiger partial charge in [0.1, 0.15) is 0 Å². The van der Waals surface area contributed by atoms with E-state index in [0.717, 1.165) is 35.6 Å². The summed E-state index contributed by atoms with van der Waals surface area (Å²) in [6, 6.07) is 7.93. The van der Waals surface area contributed by atoms with Crippen molar-refractivity contribution in [2.24, 2.45) is 12.8 Å². The molecule has 1 aromatic carbocycles. The lowest BCUT2D eigenvalue weighted by molar-refractivity contribution is 0.295. The molecule has 2 rings (SSSR count). The number of aryl methyl sites for hydroxylation is 1. The maximum Gasteiger partial charge on any atom is 0.161 e. The van der Waals surface area contributed by atoms with Gasteiger partial charge in [-0.2, -0.15) is 5.10 Å². The molecule has 5 heteroatoms. The van der Waals surface area contributed by atoms with Gasteiger partial charge < -0.3 is 15.2 Å². The van der Waals surface area contributed by atoms with E-state index in [1.54, 1.807) is 13.3 Å². The molecule has 2 N–H and O–H groups in total. The Morgan fingerprint density at radius 3 is 2.70 bits per heavy atom. The fourth-order valence-electron chi connectivity index (χ4n) is 2.07. The number of nitrogens with zero attached hydrogens (tertiary/aromatic N) is 2. The maximum atomic E-state index is 5.79. The molecule has 2 aromatic rings. The van der Waals surface area contributed by atoms with Gasteiger partial charge in [0.05, 0.1) is 13.7 Å². The molecule has 0 bridgehead atoms. The quantitative estimate of drug-likeness (QED) is 0.833. The van der Waals surface area contributed by atoms with Crippen molar-refractivity contribution in [3.63, 3.8) is 0 Å². The first-order chi connectivity index (χ1) is 9.74. The molecule has 0 radical (unpaired) electrons. The Morgan fingerprint density at radius 2 is 2.05 bits per heavy atom. The van der Waals surface area contributed by atoms with Gasteiger partial charge in [-0.25, -0.2) is 0 Å². The molecule has 0 spiro atoms. The summed E-state index contributed by atoms with van der Waals surface area (Å²) in [5, 5.41) is 4.13. The Balaban J connectivity index is 1.96. The zero-order valence-corrected chi connectivity index (χ0v) is 12.0. The number of rotatable bonds is 7. The molecule has 0 fully saturated rings. The molecule has 0 saturated heterocycles. The summed E-state index contributed by atoms with van der Waals surface area (Å²) >= 11 is 0. The van der Waals surface area contributed by atoms with Crippen LogP contribution in [0.4, 0.5) is 0 Å². The minimum Gasteiger partial charge on any atom is -0.493 e. The van der Waals surface area contributed by atoms with Crippen molar-refractivity contribution < 1.29 is 9.47 Å². The third kappa shape index (κ3) is 3.51. The number of hydrogen-bond acceptors (Lipinski definition) is 4. The molecule has 108 valence electrons. The highest BCUT2D eigenvalue weighted by Crippen LogP contribution is 2.28. The van der Waals surface area contributed by atoms with E-state index in [0.29, 0.717) is 13.2 Å². The monoisotopic (exact) mass is 275 g/mol. The van der Waals surface area contributed by atoms with Crippen LogP contribution in [0.1, 0.15) is 11.3 Å². The van der Waals surface area contributed by atoms with E-state index in [4.69, 9.17) is 15.2 Å². The summed E-state index contributed by atoms with van der Waals surface area (Å²) in [5.41, 5.74) is 7.86. The van der Waals surface area contributed by atoms with Crippen molar-refractivity contribution in [1.29, 1.82) is 0 Å². The topological polar surface area (TPSA) is 62.3 Å². The molecule has 0 unspecified atom stereocenters. The number of methoxy groups -OCH3 is 1. The van der Waals surface area contributed by atoms with Crippen LogP contribution in [0.5, 0.6) is 11.5 Å². The molecular weight excluding hydrogens is 254 g/mol. The third-order valence-corrected chi connectivity index (χ3v) is 3.20. The van der Waals surface area contributed by atoms with Crippen molar-refractivity contribution >= 4 is 0 Å². The van der Waals surface area contributed by atoms with E-state index in [9.17, 15) is 0 Å². The summed E-state index contributed by atoms with van der Waals surface area (Å²) in [6.07, 6.45) is 3.44. The van der Waals surface area contributed by atoms with Crippen LogP contribution in [0.2, 0.25) is 0 Å². The molecule has 20 heavy (non-hydrogen) atoms. The predicted molar refractivity (Wildman–Crippen MR) is 78.2 cm³/mol. The molecule has 0 amide bonds. The van der Waals surface area contributed by atoms with Crippen LogP contribution >= 0.6 is 0 Å². The van der Waals surface area contributed by atoms with Crippen molar-refractivity contribution in [2.45, 2.75) is 12.8 Å². The van der Waals surface area contributed by atoms with Crippen LogP contribution in [-0.4, -0.2) is 30.0 Å². The van der Waals surface area contributed by atoms with E-state index in [1.807, 2.05) is 36.0 Å². The Morgan fingerprint density at radius 1 is 1.20 bits per heavy atom. The number of ether oxygens (including phenoxy) is 2. The van der Waals surface area contributed by atoms with E-state index >= 15 is 0 Å². The minimum atomic E-state index is 0.589. The fourth-order valence-corrected chi connectivity index (χ4v) is 2.07. The van der Waals surface area contributed by atoms with Gasteiger partial charge in [0.15, 0.2) is 11.5 Å². The lowest BCUT2D eigenvalue weighted by Crippen LogP contribution is -2.07. The second kappa shape index (κ2) is 6.96. The Hall–Kier alpha value is -2.01. The summed E-state index contributed by atoms with van der Waals surface area (Å²) in [4.78, 5) is 0. The minimum absolute atomic E-state index is 0.589. The molecule has 5 nitrogen and oxygen atoms in total. The second-order valence-electron chi connectivity index (χ2n) is 4.57. The Kier molecular flexibility index (Phi) is 5.01. The fraction of sp³-hybridized carbons (Fsp3) is 0.400. The molecule has 0 atom stereocenters. The zero-order chi connectivity index (χ0) is 14.4.